The van der Waals surface area contributed by atoms with Crippen molar-refractivity contribution >= 4 is 23.4 Å². The molecule has 9 heteroatoms. The van der Waals surface area contributed by atoms with E-state index in [1.54, 1.807) is 12.1 Å². The van der Waals surface area contributed by atoms with E-state index in [2.05, 4.69) is 10.6 Å². The molecule has 2 aromatic rings. The van der Waals surface area contributed by atoms with Gasteiger partial charge in [-0.15, -0.1) is 0 Å². The third kappa shape index (κ3) is 5.17. The first-order valence-corrected chi connectivity index (χ1v) is 10.8. The molecule has 0 aromatic heterocycles. The summed E-state index contributed by atoms with van der Waals surface area (Å²) in [5.41, 5.74) is 7.92. The standard InChI is InChI=1S/C23H28FN5O3/c24-19-13-17(6-7-21(19)28-10-8-26-9-11-28)29-15-18(32-23(29)31)14-27-22(30)20(25)12-16-4-2-1-3-5-16/h1-7,13,18,20,26H,8-12,14-15,25H2,(H,27,30)/t18?,20-/m0/s1. The minimum absolute atomic E-state index is 0.144. The van der Waals surface area contributed by atoms with Crippen LogP contribution in [0.15, 0.2) is 48.5 Å². The number of ether oxygens (including phenoxy) is 1. The Balaban J connectivity index is 1.31. The van der Waals surface area contributed by atoms with Gasteiger partial charge < -0.3 is 26.0 Å². The van der Waals surface area contributed by atoms with Crippen molar-refractivity contribution in [1.82, 2.24) is 10.6 Å². The number of anilines is 2. The van der Waals surface area contributed by atoms with E-state index in [-0.39, 0.29) is 24.8 Å². The van der Waals surface area contributed by atoms with Gasteiger partial charge in [-0.25, -0.2) is 9.18 Å². The Kier molecular flexibility index (Phi) is 6.87. The average molecular weight is 442 g/mol. The number of nitrogens with one attached hydrogen (secondary N) is 2. The molecule has 2 heterocycles. The van der Waals surface area contributed by atoms with Gasteiger partial charge in [0.2, 0.25) is 5.91 Å². The fourth-order valence-electron chi connectivity index (χ4n) is 3.97. The van der Waals surface area contributed by atoms with Crippen molar-refractivity contribution in [3.63, 3.8) is 0 Å². The van der Waals surface area contributed by atoms with Crippen LogP contribution in [0.5, 0.6) is 0 Å². The van der Waals surface area contributed by atoms with Gasteiger partial charge in [-0.3, -0.25) is 9.69 Å². The first kappa shape index (κ1) is 22.0. The van der Waals surface area contributed by atoms with Gasteiger partial charge in [-0.05, 0) is 30.2 Å². The Hall–Kier alpha value is -3.17. The van der Waals surface area contributed by atoms with Crippen molar-refractivity contribution < 1.29 is 18.7 Å². The first-order valence-electron chi connectivity index (χ1n) is 10.8. The maximum absolute atomic E-state index is 14.7. The van der Waals surface area contributed by atoms with Crippen molar-refractivity contribution in [2.45, 2.75) is 18.6 Å². The molecule has 32 heavy (non-hydrogen) atoms. The molecule has 0 radical (unpaired) electrons. The summed E-state index contributed by atoms with van der Waals surface area (Å²) in [6, 6.07) is 13.6. The molecule has 4 N–H and O–H groups in total. The number of benzene rings is 2. The molecule has 2 atom stereocenters. The van der Waals surface area contributed by atoms with Crippen molar-refractivity contribution in [2.75, 3.05) is 49.1 Å². The molecular formula is C23H28FN5O3. The Morgan fingerprint density at radius 3 is 2.69 bits per heavy atom. The Bertz CT molecular complexity index is 952. The number of halogens is 1. The number of cyclic esters (lactones) is 1. The lowest BCUT2D eigenvalue weighted by molar-refractivity contribution is -0.122. The summed E-state index contributed by atoms with van der Waals surface area (Å²) in [6.45, 7) is 3.45. The van der Waals surface area contributed by atoms with Gasteiger partial charge >= 0.3 is 6.09 Å². The van der Waals surface area contributed by atoms with E-state index in [9.17, 15) is 14.0 Å². The number of carbonyl (C=O) groups excluding carboxylic acids is 2. The first-order chi connectivity index (χ1) is 15.5. The van der Waals surface area contributed by atoms with Crippen LogP contribution in [-0.2, 0) is 16.0 Å². The van der Waals surface area contributed by atoms with Gasteiger partial charge in [0.15, 0.2) is 0 Å². The molecule has 0 bridgehead atoms. The van der Waals surface area contributed by atoms with Gasteiger partial charge in [0.1, 0.15) is 11.9 Å². The summed E-state index contributed by atoms with van der Waals surface area (Å²) in [5.74, 6) is -0.685. The molecule has 4 rings (SSSR count). The second-order valence-corrected chi connectivity index (χ2v) is 8.03. The minimum Gasteiger partial charge on any atom is -0.442 e. The van der Waals surface area contributed by atoms with Crippen molar-refractivity contribution in [3.05, 3.63) is 59.9 Å². The summed E-state index contributed by atoms with van der Waals surface area (Å²) >= 11 is 0. The predicted octanol–water partition coefficient (Wildman–Crippen LogP) is 1.25. The zero-order chi connectivity index (χ0) is 22.5. The highest BCUT2D eigenvalue weighted by molar-refractivity contribution is 5.90. The van der Waals surface area contributed by atoms with E-state index < -0.39 is 18.2 Å². The maximum Gasteiger partial charge on any atom is 0.414 e. The molecule has 2 amide bonds. The summed E-state index contributed by atoms with van der Waals surface area (Å²) in [6.07, 6.45) is -0.680. The topological polar surface area (TPSA) is 99.9 Å². The molecule has 0 saturated carbocycles. The number of hydrogen-bond donors (Lipinski definition) is 3. The lowest BCUT2D eigenvalue weighted by Crippen LogP contribution is -2.45. The van der Waals surface area contributed by atoms with Gasteiger partial charge in [-0.1, -0.05) is 30.3 Å². The molecular weight excluding hydrogens is 413 g/mol. The quantitative estimate of drug-likeness (QED) is 0.598. The van der Waals surface area contributed by atoms with Crippen molar-refractivity contribution in [2.24, 2.45) is 5.73 Å². The second kappa shape index (κ2) is 9.97. The minimum atomic E-state index is -0.697. The van der Waals surface area contributed by atoms with E-state index in [1.807, 2.05) is 35.2 Å². The smallest absolute Gasteiger partial charge is 0.414 e. The van der Waals surface area contributed by atoms with Crippen molar-refractivity contribution in [3.8, 4) is 0 Å². The molecule has 2 saturated heterocycles. The van der Waals surface area contributed by atoms with Gasteiger partial charge in [0.05, 0.1) is 30.5 Å². The molecule has 2 aliphatic heterocycles. The molecule has 0 spiro atoms. The van der Waals surface area contributed by atoms with Crippen LogP contribution in [0.2, 0.25) is 0 Å². The largest absolute Gasteiger partial charge is 0.442 e. The number of carbonyl (C=O) groups is 2. The number of nitrogens with zero attached hydrogens (tertiary/aromatic N) is 2. The van der Waals surface area contributed by atoms with E-state index in [0.29, 0.717) is 17.8 Å². The number of rotatable bonds is 7. The average Bonchev–Trinajstić information content (AvgIpc) is 3.19. The van der Waals surface area contributed by atoms with Crippen LogP contribution in [0, 0.1) is 5.82 Å². The normalized spacial score (nSPS) is 19.6. The van der Waals surface area contributed by atoms with Crippen LogP contribution in [0.25, 0.3) is 0 Å². The molecule has 2 fully saturated rings. The van der Waals surface area contributed by atoms with Gasteiger partial charge in [0.25, 0.3) is 0 Å². The van der Waals surface area contributed by atoms with Crippen LogP contribution < -0.4 is 26.2 Å². The highest BCUT2D eigenvalue weighted by Gasteiger charge is 2.33. The van der Waals surface area contributed by atoms with E-state index in [1.165, 1.54) is 11.0 Å². The van der Waals surface area contributed by atoms with Crippen LogP contribution in [0.1, 0.15) is 5.56 Å². The molecule has 0 aliphatic carbocycles. The van der Waals surface area contributed by atoms with Crippen molar-refractivity contribution in [1.29, 1.82) is 0 Å². The van der Waals surface area contributed by atoms with Gasteiger partial charge in [0, 0.05) is 26.2 Å². The molecule has 170 valence electrons. The fourth-order valence-corrected chi connectivity index (χ4v) is 3.97. The molecule has 1 unspecified atom stereocenters. The Morgan fingerprint density at radius 1 is 1.22 bits per heavy atom. The summed E-state index contributed by atoms with van der Waals surface area (Å²) < 4.78 is 20.1. The molecule has 2 aliphatic rings. The monoisotopic (exact) mass is 441 g/mol. The Labute approximate surface area is 186 Å². The number of piperazine rings is 1. The van der Waals surface area contributed by atoms with E-state index in [4.69, 9.17) is 10.5 Å². The Morgan fingerprint density at radius 2 is 1.97 bits per heavy atom. The van der Waals surface area contributed by atoms with Gasteiger partial charge in [-0.2, -0.15) is 0 Å². The molecule has 8 nitrogen and oxygen atoms in total. The second-order valence-electron chi connectivity index (χ2n) is 8.03. The third-order valence-corrected chi connectivity index (χ3v) is 5.71. The maximum atomic E-state index is 14.7. The number of hydrogen-bond acceptors (Lipinski definition) is 6. The lowest BCUT2D eigenvalue weighted by Gasteiger charge is -2.30. The zero-order valence-corrected chi connectivity index (χ0v) is 17.8. The van der Waals surface area contributed by atoms with Crippen LogP contribution >= 0.6 is 0 Å². The van der Waals surface area contributed by atoms with E-state index >= 15 is 0 Å². The number of nitrogens with two attached hydrogens (primary N) is 1. The highest BCUT2D eigenvalue weighted by atomic mass is 19.1. The summed E-state index contributed by atoms with van der Waals surface area (Å²) in [5, 5.41) is 5.98. The van der Waals surface area contributed by atoms with E-state index in [0.717, 1.165) is 31.7 Å². The third-order valence-electron chi connectivity index (χ3n) is 5.71. The van der Waals surface area contributed by atoms with Crippen LogP contribution in [0.3, 0.4) is 0 Å². The van der Waals surface area contributed by atoms with Crippen LogP contribution in [0.4, 0.5) is 20.6 Å². The fraction of sp³-hybridized carbons (Fsp3) is 0.391. The summed E-state index contributed by atoms with van der Waals surface area (Å²) in [7, 11) is 0. The predicted molar refractivity (Wildman–Crippen MR) is 120 cm³/mol. The lowest BCUT2D eigenvalue weighted by atomic mass is 10.1. The molecule has 2 aromatic carbocycles. The SMILES string of the molecule is N[C@@H](Cc1ccccc1)C(=O)NCC1CN(c2ccc(N3CCNCC3)c(F)c2)C(=O)O1. The van der Waals surface area contributed by atoms with Crippen LogP contribution in [-0.4, -0.2) is 63.4 Å². The summed E-state index contributed by atoms with van der Waals surface area (Å²) in [4.78, 5) is 28.0. The highest BCUT2D eigenvalue weighted by Crippen LogP contribution is 2.28. The zero-order valence-electron chi connectivity index (χ0n) is 17.8. The number of amides is 2.